The average molecular weight is 450 g/mol. The first-order valence-electron chi connectivity index (χ1n) is 10.2. The van der Waals surface area contributed by atoms with Gasteiger partial charge in [-0.25, -0.2) is 0 Å². The van der Waals surface area contributed by atoms with Gasteiger partial charge in [0, 0.05) is 41.2 Å². The van der Waals surface area contributed by atoms with Crippen molar-refractivity contribution in [2.24, 2.45) is 11.8 Å². The Morgan fingerprint density at radius 1 is 1.25 bits per heavy atom. The number of anilines is 1. The molecular weight excluding hydrogens is 426 g/mol. The van der Waals surface area contributed by atoms with E-state index >= 15 is 0 Å². The second-order valence-electron chi connectivity index (χ2n) is 8.15. The Morgan fingerprint density at radius 2 is 1.94 bits per heavy atom. The number of hydrogen-bond donors (Lipinski definition) is 3. The van der Waals surface area contributed by atoms with E-state index in [0.717, 1.165) is 12.4 Å². The summed E-state index contributed by atoms with van der Waals surface area (Å²) in [5, 5.41) is 28.1. The molecule has 8 heteroatoms. The van der Waals surface area contributed by atoms with Gasteiger partial charge in [-0.3, -0.25) is 9.59 Å². The van der Waals surface area contributed by atoms with E-state index in [2.05, 4.69) is 5.32 Å². The van der Waals surface area contributed by atoms with E-state index in [1.54, 1.807) is 35.2 Å². The van der Waals surface area contributed by atoms with Crippen LogP contribution in [0.25, 0.3) is 0 Å². The molecule has 0 fully saturated rings. The van der Waals surface area contributed by atoms with Crippen molar-refractivity contribution in [3.63, 3.8) is 0 Å². The number of carbonyl (C=O) groups excluding carboxylic acids is 2. The summed E-state index contributed by atoms with van der Waals surface area (Å²) in [5.41, 5.74) is 1.66. The molecule has 0 aliphatic carbocycles. The monoisotopic (exact) mass is 449 g/mol. The molecule has 0 radical (unpaired) electrons. The molecule has 0 spiro atoms. The lowest BCUT2D eigenvalue weighted by atomic mass is 9.76. The quantitative estimate of drug-likeness (QED) is 0.545. The molecule has 1 heterocycles. The summed E-state index contributed by atoms with van der Waals surface area (Å²) in [6, 6.07) is 12.8. The van der Waals surface area contributed by atoms with Crippen LogP contribution in [-0.4, -0.2) is 41.7 Å². The summed E-state index contributed by atoms with van der Waals surface area (Å²) in [7, 11) is 0. The van der Waals surface area contributed by atoms with Gasteiger partial charge in [0.2, 0.25) is 5.91 Å². The highest BCUT2D eigenvalue weighted by Gasteiger charge is 2.46. The molecule has 0 saturated heterocycles. The third kappa shape index (κ3) is 4.56. The highest BCUT2D eigenvalue weighted by molar-refractivity contribution is 6.31. The highest BCUT2D eigenvalue weighted by Crippen LogP contribution is 2.37. The summed E-state index contributed by atoms with van der Waals surface area (Å²) in [5.74, 6) is -2.05. The molecule has 3 rings (SSSR count). The Balaban J connectivity index is 2.13. The Morgan fingerprint density at radius 3 is 2.56 bits per heavy atom. The van der Waals surface area contributed by atoms with Crippen LogP contribution in [0.5, 0.6) is 0 Å². The van der Waals surface area contributed by atoms with Crippen LogP contribution in [0.4, 0.5) is 5.69 Å². The molecule has 32 heavy (non-hydrogen) atoms. The Kier molecular flexibility index (Phi) is 7.06. The molecule has 7 nitrogen and oxygen atoms in total. The fraction of sp³-hybridized carbons (Fsp3) is 0.292. The number of fused-ring (bicyclic) bond motifs is 1. The van der Waals surface area contributed by atoms with E-state index < -0.39 is 23.8 Å². The summed E-state index contributed by atoms with van der Waals surface area (Å²) in [4.78, 5) is 28.6. The fourth-order valence-electron chi connectivity index (χ4n) is 4.13. The van der Waals surface area contributed by atoms with E-state index in [0.29, 0.717) is 33.9 Å². The van der Waals surface area contributed by atoms with Crippen LogP contribution in [0, 0.1) is 34.0 Å². The molecular formula is C24H24ClN5O2. The van der Waals surface area contributed by atoms with Crippen LogP contribution < -0.4 is 5.32 Å². The zero-order valence-electron chi connectivity index (χ0n) is 17.8. The van der Waals surface area contributed by atoms with Crippen molar-refractivity contribution in [2.75, 3.05) is 11.9 Å². The molecule has 0 bridgehead atoms. The first-order chi connectivity index (χ1) is 15.3. The lowest BCUT2D eigenvalue weighted by Crippen LogP contribution is -2.56. The van der Waals surface area contributed by atoms with Crippen LogP contribution in [0.2, 0.25) is 5.02 Å². The average Bonchev–Trinajstić information content (AvgIpc) is 2.76. The maximum atomic E-state index is 13.6. The predicted molar refractivity (Wildman–Crippen MR) is 125 cm³/mol. The van der Waals surface area contributed by atoms with Gasteiger partial charge in [-0.2, -0.15) is 5.26 Å². The first-order valence-corrected chi connectivity index (χ1v) is 10.6. The minimum atomic E-state index is -0.819. The lowest BCUT2D eigenvalue weighted by Gasteiger charge is -2.44. The van der Waals surface area contributed by atoms with Crippen molar-refractivity contribution in [1.82, 2.24) is 4.90 Å². The van der Waals surface area contributed by atoms with E-state index in [1.165, 1.54) is 12.1 Å². The summed E-state index contributed by atoms with van der Waals surface area (Å²) in [6.45, 7) is 4.33. The second kappa shape index (κ2) is 9.75. The Labute approximate surface area is 192 Å². The van der Waals surface area contributed by atoms with Crippen LogP contribution in [0.3, 0.4) is 0 Å². The third-order valence-corrected chi connectivity index (χ3v) is 5.62. The number of hydrogen-bond acceptors (Lipinski definition) is 5. The van der Waals surface area contributed by atoms with Crippen LogP contribution in [-0.2, 0) is 4.79 Å². The first kappa shape index (κ1) is 23.2. The largest absolute Gasteiger partial charge is 0.333 e. The molecule has 1 aliphatic heterocycles. The number of nitrogens with zero attached hydrogens (tertiary/aromatic N) is 2. The van der Waals surface area contributed by atoms with Crippen molar-refractivity contribution in [2.45, 2.75) is 25.8 Å². The number of amides is 2. The summed E-state index contributed by atoms with van der Waals surface area (Å²) >= 11 is 6.09. The van der Waals surface area contributed by atoms with Crippen molar-refractivity contribution >= 4 is 41.5 Å². The number of nitriles is 1. The maximum absolute atomic E-state index is 13.6. The Bertz CT molecular complexity index is 1100. The van der Waals surface area contributed by atoms with Gasteiger partial charge in [-0.1, -0.05) is 43.6 Å². The van der Waals surface area contributed by atoms with Gasteiger partial charge < -0.3 is 21.0 Å². The van der Waals surface area contributed by atoms with E-state index in [4.69, 9.17) is 22.4 Å². The van der Waals surface area contributed by atoms with E-state index in [-0.39, 0.29) is 11.8 Å². The fourth-order valence-corrected chi connectivity index (χ4v) is 4.37. The van der Waals surface area contributed by atoms with Crippen LogP contribution >= 0.6 is 11.6 Å². The molecule has 2 amide bonds. The molecule has 0 unspecified atom stereocenters. The highest BCUT2D eigenvalue weighted by atomic mass is 35.5. The van der Waals surface area contributed by atoms with Gasteiger partial charge in [0.1, 0.15) is 0 Å². The topological polar surface area (TPSA) is 121 Å². The second-order valence-corrected chi connectivity index (χ2v) is 8.58. The van der Waals surface area contributed by atoms with E-state index in [9.17, 15) is 14.9 Å². The van der Waals surface area contributed by atoms with Crippen LogP contribution in [0.1, 0.15) is 41.3 Å². The number of halogens is 1. The maximum Gasteiger partial charge on any atom is 0.254 e. The number of rotatable bonds is 7. The van der Waals surface area contributed by atoms with Gasteiger partial charge in [0.25, 0.3) is 5.91 Å². The van der Waals surface area contributed by atoms with Crippen LogP contribution in [0.15, 0.2) is 42.5 Å². The molecule has 1 aliphatic rings. The summed E-state index contributed by atoms with van der Waals surface area (Å²) in [6.07, 6.45) is 2.19. The van der Waals surface area contributed by atoms with Gasteiger partial charge >= 0.3 is 0 Å². The molecule has 164 valence electrons. The van der Waals surface area contributed by atoms with Crippen molar-refractivity contribution in [3.8, 4) is 6.07 Å². The number of carbonyl (C=O) groups is 2. The zero-order chi connectivity index (χ0) is 23.4. The van der Waals surface area contributed by atoms with E-state index in [1.807, 2.05) is 19.9 Å². The molecule has 2 atom stereocenters. The number of nitrogens with one attached hydrogen (secondary N) is 3. The predicted octanol–water partition coefficient (Wildman–Crippen LogP) is 4.33. The van der Waals surface area contributed by atoms with Gasteiger partial charge in [-0.15, -0.1) is 0 Å². The van der Waals surface area contributed by atoms with Gasteiger partial charge in [0.15, 0.2) is 0 Å². The molecule has 0 saturated carbocycles. The molecule has 0 aromatic heterocycles. The molecule has 3 N–H and O–H groups in total. The summed E-state index contributed by atoms with van der Waals surface area (Å²) < 4.78 is 0. The normalized spacial score (nSPS) is 18.5. The SMILES string of the molecule is CC(C)CN1C(=O)c2ccccc2[C@H](C(=O)Nc2cc(Cl)cc(C#N)c2)[C@H]1C(C=N)C=N. The smallest absolute Gasteiger partial charge is 0.254 e. The lowest BCUT2D eigenvalue weighted by molar-refractivity contribution is -0.119. The Hall–Kier alpha value is -3.50. The number of benzene rings is 2. The van der Waals surface area contributed by atoms with Crippen molar-refractivity contribution in [3.05, 3.63) is 64.2 Å². The standard InChI is InChI=1S/C24H24ClN5O2/c1-14(2)13-30-22(16(11-27)12-28)21(19-5-3-4-6-20(19)24(30)32)23(31)29-18-8-15(10-26)7-17(25)9-18/h3-9,11-12,14,16,21-22,27-28H,13H2,1-2H3,(H,29,31)/t16?,21-,22+/m0/s1. The zero-order valence-corrected chi connectivity index (χ0v) is 18.6. The minimum absolute atomic E-state index is 0.124. The van der Waals surface area contributed by atoms with Gasteiger partial charge in [0.05, 0.1) is 23.6 Å². The minimum Gasteiger partial charge on any atom is -0.333 e. The van der Waals surface area contributed by atoms with Crippen molar-refractivity contribution in [1.29, 1.82) is 16.1 Å². The third-order valence-electron chi connectivity index (χ3n) is 5.41. The van der Waals surface area contributed by atoms with Crippen molar-refractivity contribution < 1.29 is 9.59 Å². The van der Waals surface area contributed by atoms with Gasteiger partial charge in [-0.05, 0) is 35.7 Å². The molecule has 2 aromatic rings. The molecule has 2 aromatic carbocycles.